The van der Waals surface area contributed by atoms with Crippen LogP contribution in [0.2, 0.25) is 0 Å². The normalized spacial score (nSPS) is 10.2. The number of halogens is 2. The molecule has 5 heteroatoms. The molecule has 2 rings (SSSR count). The lowest BCUT2D eigenvalue weighted by Crippen LogP contribution is -2.07. The monoisotopic (exact) mass is 354 g/mol. The highest BCUT2D eigenvalue weighted by Crippen LogP contribution is 2.14. The van der Waals surface area contributed by atoms with Crippen LogP contribution in [0, 0.1) is 0 Å². The fraction of sp³-hybridized carbons (Fsp3) is 0.0833. The van der Waals surface area contributed by atoms with Crippen molar-refractivity contribution in [1.29, 1.82) is 0 Å². The smallest absolute Gasteiger partial charge is 0.170 e. The van der Waals surface area contributed by atoms with Crippen LogP contribution in [-0.4, -0.2) is 15.8 Å². The second-order valence-electron chi connectivity index (χ2n) is 3.40. The summed E-state index contributed by atoms with van der Waals surface area (Å²) in [5.41, 5.74) is 0.673. The number of benzene rings is 1. The number of carbonyl (C=O) groups excluding carboxylic acids is 1. The van der Waals surface area contributed by atoms with Gasteiger partial charge in [0.25, 0.3) is 0 Å². The number of hydrogen-bond donors (Lipinski definition) is 0. The van der Waals surface area contributed by atoms with Gasteiger partial charge in [-0.1, -0.05) is 30.3 Å². The lowest BCUT2D eigenvalue weighted by atomic mass is 10.1. The summed E-state index contributed by atoms with van der Waals surface area (Å²) in [5, 5.41) is 0. The molecule has 1 heterocycles. The molecule has 0 fully saturated rings. The molecule has 0 aliphatic carbocycles. The highest BCUT2D eigenvalue weighted by Gasteiger charge is 2.09. The number of rotatable bonds is 3. The van der Waals surface area contributed by atoms with Gasteiger partial charge in [0.1, 0.15) is 15.0 Å². The molecule has 1 aromatic heterocycles. The zero-order valence-corrected chi connectivity index (χ0v) is 11.9. The first-order chi connectivity index (χ1) is 8.15. The highest BCUT2D eigenvalue weighted by atomic mass is 79.9. The van der Waals surface area contributed by atoms with E-state index in [-0.39, 0.29) is 12.2 Å². The summed E-state index contributed by atoms with van der Waals surface area (Å²) in [4.78, 5) is 20.2. The standard InChI is InChI=1S/C12H8Br2N2O/c13-10-7-11(14)16-12(15-10)6-9(17)8-4-2-1-3-5-8/h1-5,7H,6H2. The van der Waals surface area contributed by atoms with Gasteiger partial charge in [0.2, 0.25) is 0 Å². The van der Waals surface area contributed by atoms with Gasteiger partial charge in [-0.25, -0.2) is 9.97 Å². The van der Waals surface area contributed by atoms with E-state index < -0.39 is 0 Å². The summed E-state index contributed by atoms with van der Waals surface area (Å²) in [6.07, 6.45) is 0.196. The molecular formula is C12H8Br2N2O. The van der Waals surface area contributed by atoms with Crippen LogP contribution in [0.25, 0.3) is 0 Å². The molecule has 0 aliphatic heterocycles. The quantitative estimate of drug-likeness (QED) is 0.625. The number of hydrogen-bond acceptors (Lipinski definition) is 3. The molecule has 17 heavy (non-hydrogen) atoms. The van der Waals surface area contributed by atoms with Crippen molar-refractivity contribution in [2.45, 2.75) is 6.42 Å². The van der Waals surface area contributed by atoms with Crippen molar-refractivity contribution in [2.75, 3.05) is 0 Å². The molecule has 0 radical (unpaired) electrons. The first kappa shape index (κ1) is 12.4. The lowest BCUT2D eigenvalue weighted by Gasteiger charge is -2.01. The van der Waals surface area contributed by atoms with Crippen LogP contribution in [0.5, 0.6) is 0 Å². The number of aromatic nitrogens is 2. The molecule has 0 aliphatic rings. The van der Waals surface area contributed by atoms with Crippen molar-refractivity contribution >= 4 is 37.6 Å². The Morgan fingerprint density at radius 2 is 1.65 bits per heavy atom. The van der Waals surface area contributed by atoms with E-state index in [2.05, 4.69) is 41.8 Å². The zero-order valence-electron chi connectivity index (χ0n) is 8.73. The summed E-state index contributed by atoms with van der Waals surface area (Å²) >= 11 is 6.53. The molecule has 3 nitrogen and oxygen atoms in total. The Balaban J connectivity index is 2.19. The Morgan fingerprint density at radius 3 is 2.24 bits per heavy atom. The fourth-order valence-electron chi connectivity index (χ4n) is 1.38. The molecule has 0 N–H and O–H groups in total. The minimum absolute atomic E-state index is 0.00981. The number of ketones is 1. The van der Waals surface area contributed by atoms with Crippen LogP contribution in [0.15, 0.2) is 45.6 Å². The van der Waals surface area contributed by atoms with Crippen LogP contribution in [-0.2, 0) is 6.42 Å². The maximum absolute atomic E-state index is 11.9. The van der Waals surface area contributed by atoms with Crippen LogP contribution in [0.3, 0.4) is 0 Å². The first-order valence-corrected chi connectivity index (χ1v) is 6.51. The third-order valence-electron chi connectivity index (χ3n) is 2.12. The van der Waals surface area contributed by atoms with Crippen LogP contribution >= 0.6 is 31.9 Å². The molecule has 1 aromatic carbocycles. The summed E-state index contributed by atoms with van der Waals surface area (Å²) in [5.74, 6) is 0.510. The van der Waals surface area contributed by atoms with E-state index in [1.54, 1.807) is 18.2 Å². The van der Waals surface area contributed by atoms with Gasteiger partial charge in [-0.15, -0.1) is 0 Å². The SMILES string of the molecule is O=C(Cc1nc(Br)cc(Br)n1)c1ccccc1. The molecular weight excluding hydrogens is 348 g/mol. The number of nitrogens with zero attached hydrogens (tertiary/aromatic N) is 2. The summed E-state index contributed by atoms with van der Waals surface area (Å²) in [7, 11) is 0. The maximum atomic E-state index is 11.9. The number of carbonyl (C=O) groups is 1. The molecule has 0 amide bonds. The lowest BCUT2D eigenvalue weighted by molar-refractivity contribution is 0.0990. The molecule has 0 bridgehead atoms. The van der Waals surface area contributed by atoms with Crippen molar-refractivity contribution < 1.29 is 4.79 Å². The van der Waals surface area contributed by atoms with Gasteiger partial charge < -0.3 is 0 Å². The molecule has 0 unspecified atom stereocenters. The van der Waals surface area contributed by atoms with Crippen LogP contribution < -0.4 is 0 Å². The minimum Gasteiger partial charge on any atom is -0.294 e. The van der Waals surface area contributed by atoms with Crippen LogP contribution in [0.1, 0.15) is 16.2 Å². The Labute approximate surface area is 116 Å². The largest absolute Gasteiger partial charge is 0.294 e. The molecule has 0 saturated heterocycles. The van der Waals surface area contributed by atoms with Crippen molar-refractivity contribution in [3.05, 3.63) is 57.0 Å². The van der Waals surface area contributed by atoms with Crippen molar-refractivity contribution in [3.8, 4) is 0 Å². The summed E-state index contributed by atoms with van der Waals surface area (Å²) < 4.78 is 1.32. The highest BCUT2D eigenvalue weighted by molar-refractivity contribution is 9.11. The topological polar surface area (TPSA) is 42.9 Å². The van der Waals surface area contributed by atoms with Crippen molar-refractivity contribution in [1.82, 2.24) is 9.97 Å². The first-order valence-electron chi connectivity index (χ1n) is 4.92. The number of Topliss-reactive ketones (excluding diaryl/α,β-unsaturated/α-hetero) is 1. The van der Waals surface area contributed by atoms with Gasteiger partial charge in [-0.05, 0) is 31.9 Å². The van der Waals surface area contributed by atoms with Gasteiger partial charge in [-0.2, -0.15) is 0 Å². The second-order valence-corrected chi connectivity index (χ2v) is 5.02. The Kier molecular flexibility index (Phi) is 4.02. The molecule has 0 saturated carbocycles. The zero-order chi connectivity index (χ0) is 12.3. The Morgan fingerprint density at radius 1 is 1.06 bits per heavy atom. The molecule has 2 aromatic rings. The Bertz CT molecular complexity index is 523. The van der Waals surface area contributed by atoms with Gasteiger partial charge in [0.05, 0.1) is 6.42 Å². The van der Waals surface area contributed by atoms with Gasteiger partial charge >= 0.3 is 0 Å². The van der Waals surface area contributed by atoms with E-state index in [4.69, 9.17) is 0 Å². The third-order valence-corrected chi connectivity index (χ3v) is 2.94. The fourth-order valence-corrected chi connectivity index (χ4v) is 2.53. The minimum atomic E-state index is 0.00981. The van der Waals surface area contributed by atoms with E-state index in [1.165, 1.54) is 0 Å². The maximum Gasteiger partial charge on any atom is 0.170 e. The summed E-state index contributed by atoms with van der Waals surface area (Å²) in [6, 6.07) is 10.9. The molecule has 0 spiro atoms. The van der Waals surface area contributed by atoms with Gasteiger partial charge in [-0.3, -0.25) is 4.79 Å². The Hall–Kier alpha value is -1.07. The van der Waals surface area contributed by atoms with E-state index >= 15 is 0 Å². The van der Waals surface area contributed by atoms with E-state index in [0.717, 1.165) is 0 Å². The van der Waals surface area contributed by atoms with Crippen LogP contribution in [0.4, 0.5) is 0 Å². The van der Waals surface area contributed by atoms with Gasteiger partial charge in [0, 0.05) is 11.6 Å². The average Bonchev–Trinajstić information content (AvgIpc) is 2.28. The third kappa shape index (κ3) is 3.44. The van der Waals surface area contributed by atoms with E-state index in [1.807, 2.05) is 18.2 Å². The van der Waals surface area contributed by atoms with E-state index in [9.17, 15) is 4.79 Å². The predicted octanol–water partition coefficient (Wildman–Crippen LogP) is 3.43. The van der Waals surface area contributed by atoms with E-state index in [0.29, 0.717) is 20.6 Å². The molecule has 0 atom stereocenters. The molecule has 86 valence electrons. The van der Waals surface area contributed by atoms with Crippen molar-refractivity contribution in [3.63, 3.8) is 0 Å². The second kappa shape index (κ2) is 5.51. The van der Waals surface area contributed by atoms with Crippen molar-refractivity contribution in [2.24, 2.45) is 0 Å². The average molecular weight is 356 g/mol. The predicted molar refractivity (Wildman–Crippen MR) is 71.9 cm³/mol. The van der Waals surface area contributed by atoms with Gasteiger partial charge in [0.15, 0.2) is 5.78 Å². The summed E-state index contributed by atoms with van der Waals surface area (Å²) in [6.45, 7) is 0.